The number of pyridine rings is 1. The van der Waals surface area contributed by atoms with Crippen molar-refractivity contribution in [2.24, 2.45) is 0 Å². The molecule has 0 aliphatic heterocycles. The standard InChI is InChI=1S/C15H27N3O/c1-7-18(13(4)10-19-6)15-14(9-16-5)11(2)8-12(3)17-15/h8,13,16H,7,9-10H2,1-6H3. The summed E-state index contributed by atoms with van der Waals surface area (Å²) in [6.07, 6.45) is 0. The zero-order chi connectivity index (χ0) is 14.4. The fourth-order valence-electron chi connectivity index (χ4n) is 2.48. The molecule has 1 rings (SSSR count). The number of aromatic nitrogens is 1. The van der Waals surface area contributed by atoms with Gasteiger partial charge in [-0.05, 0) is 46.4 Å². The van der Waals surface area contributed by atoms with Crippen LogP contribution in [0.5, 0.6) is 0 Å². The maximum atomic E-state index is 5.28. The molecule has 0 aromatic carbocycles. The summed E-state index contributed by atoms with van der Waals surface area (Å²) in [6.45, 7) is 11.0. The average molecular weight is 265 g/mol. The largest absolute Gasteiger partial charge is 0.383 e. The Morgan fingerprint density at radius 2 is 2.11 bits per heavy atom. The predicted octanol–water partition coefficient (Wildman–Crippen LogP) is 2.28. The molecule has 0 radical (unpaired) electrons. The molecule has 1 atom stereocenters. The van der Waals surface area contributed by atoms with Crippen molar-refractivity contribution in [3.8, 4) is 0 Å². The molecule has 0 aliphatic carbocycles. The molecule has 0 aliphatic rings. The first-order valence-corrected chi connectivity index (χ1v) is 6.92. The first-order valence-electron chi connectivity index (χ1n) is 6.92. The molecule has 1 unspecified atom stereocenters. The van der Waals surface area contributed by atoms with Crippen LogP contribution in [-0.2, 0) is 11.3 Å². The first-order chi connectivity index (χ1) is 9.04. The Balaban J connectivity index is 3.20. The fourth-order valence-corrected chi connectivity index (χ4v) is 2.48. The molecule has 4 nitrogen and oxygen atoms in total. The highest BCUT2D eigenvalue weighted by molar-refractivity contribution is 5.52. The van der Waals surface area contributed by atoms with Gasteiger partial charge in [0.25, 0.3) is 0 Å². The molecule has 4 heteroatoms. The summed E-state index contributed by atoms with van der Waals surface area (Å²) in [7, 11) is 3.71. The van der Waals surface area contributed by atoms with Crippen LogP contribution in [0, 0.1) is 13.8 Å². The van der Waals surface area contributed by atoms with Crippen LogP contribution in [0.1, 0.15) is 30.7 Å². The first kappa shape index (κ1) is 15.9. The van der Waals surface area contributed by atoms with Gasteiger partial charge in [-0.1, -0.05) is 0 Å². The van der Waals surface area contributed by atoms with E-state index in [1.54, 1.807) is 7.11 Å². The molecule has 0 saturated carbocycles. The second-order valence-corrected chi connectivity index (χ2v) is 5.00. The zero-order valence-electron chi connectivity index (χ0n) is 13.1. The molecule has 1 heterocycles. The van der Waals surface area contributed by atoms with Gasteiger partial charge in [0, 0.05) is 31.5 Å². The van der Waals surface area contributed by atoms with Crippen molar-refractivity contribution < 1.29 is 4.74 Å². The van der Waals surface area contributed by atoms with E-state index in [4.69, 9.17) is 9.72 Å². The molecule has 108 valence electrons. The van der Waals surface area contributed by atoms with E-state index in [2.05, 4.69) is 44.0 Å². The van der Waals surface area contributed by atoms with Crippen molar-refractivity contribution in [2.45, 2.75) is 40.3 Å². The van der Waals surface area contributed by atoms with Gasteiger partial charge in [-0.25, -0.2) is 4.98 Å². The highest BCUT2D eigenvalue weighted by Gasteiger charge is 2.19. The Morgan fingerprint density at radius 1 is 1.42 bits per heavy atom. The van der Waals surface area contributed by atoms with Gasteiger partial charge in [0.1, 0.15) is 5.82 Å². The van der Waals surface area contributed by atoms with E-state index < -0.39 is 0 Å². The lowest BCUT2D eigenvalue weighted by Gasteiger charge is -2.31. The van der Waals surface area contributed by atoms with E-state index in [1.807, 2.05) is 7.05 Å². The Morgan fingerprint density at radius 3 is 2.63 bits per heavy atom. The van der Waals surface area contributed by atoms with Gasteiger partial charge in [0.05, 0.1) is 12.6 Å². The topological polar surface area (TPSA) is 37.4 Å². The number of likely N-dealkylation sites (N-methyl/N-ethyl adjacent to an activating group) is 1. The Kier molecular flexibility index (Phi) is 6.25. The van der Waals surface area contributed by atoms with Crippen LogP contribution in [0.2, 0.25) is 0 Å². The third kappa shape index (κ3) is 3.91. The van der Waals surface area contributed by atoms with Crippen LogP contribution in [0.15, 0.2) is 6.07 Å². The van der Waals surface area contributed by atoms with Crippen molar-refractivity contribution in [1.29, 1.82) is 0 Å². The Labute approximate surface area is 117 Å². The highest BCUT2D eigenvalue weighted by atomic mass is 16.5. The number of hydrogen-bond acceptors (Lipinski definition) is 4. The third-order valence-corrected chi connectivity index (χ3v) is 3.36. The predicted molar refractivity (Wildman–Crippen MR) is 80.8 cm³/mol. The summed E-state index contributed by atoms with van der Waals surface area (Å²) >= 11 is 0. The molecule has 0 bridgehead atoms. The second-order valence-electron chi connectivity index (χ2n) is 5.00. The van der Waals surface area contributed by atoms with Crippen LogP contribution < -0.4 is 10.2 Å². The average Bonchev–Trinajstić information content (AvgIpc) is 2.34. The summed E-state index contributed by atoms with van der Waals surface area (Å²) in [5.41, 5.74) is 3.63. The van der Waals surface area contributed by atoms with Crippen LogP contribution in [0.3, 0.4) is 0 Å². The number of nitrogens with one attached hydrogen (secondary N) is 1. The summed E-state index contributed by atoms with van der Waals surface area (Å²) in [6, 6.07) is 2.46. The summed E-state index contributed by atoms with van der Waals surface area (Å²) < 4.78 is 5.28. The van der Waals surface area contributed by atoms with Crippen molar-refractivity contribution in [3.63, 3.8) is 0 Å². The van der Waals surface area contributed by atoms with Gasteiger partial charge in [0.2, 0.25) is 0 Å². The van der Waals surface area contributed by atoms with Crippen LogP contribution in [-0.4, -0.2) is 38.3 Å². The minimum absolute atomic E-state index is 0.319. The van der Waals surface area contributed by atoms with Gasteiger partial charge in [-0.15, -0.1) is 0 Å². The van der Waals surface area contributed by atoms with Crippen molar-refractivity contribution in [1.82, 2.24) is 10.3 Å². The van der Waals surface area contributed by atoms with E-state index in [-0.39, 0.29) is 0 Å². The monoisotopic (exact) mass is 265 g/mol. The molecule has 1 aromatic rings. The smallest absolute Gasteiger partial charge is 0.133 e. The number of rotatable bonds is 7. The fraction of sp³-hybridized carbons (Fsp3) is 0.667. The molecular formula is C15H27N3O. The van der Waals surface area contributed by atoms with Gasteiger partial charge in [-0.3, -0.25) is 0 Å². The Hall–Kier alpha value is -1.13. The molecule has 0 fully saturated rings. The number of aryl methyl sites for hydroxylation is 2. The van der Waals surface area contributed by atoms with E-state index in [0.717, 1.165) is 24.6 Å². The maximum absolute atomic E-state index is 5.28. The van der Waals surface area contributed by atoms with E-state index in [0.29, 0.717) is 12.6 Å². The van der Waals surface area contributed by atoms with Crippen molar-refractivity contribution in [2.75, 3.05) is 32.2 Å². The second kappa shape index (κ2) is 7.46. The van der Waals surface area contributed by atoms with Crippen molar-refractivity contribution >= 4 is 5.82 Å². The lowest BCUT2D eigenvalue weighted by atomic mass is 10.1. The summed E-state index contributed by atoms with van der Waals surface area (Å²) in [5, 5.41) is 3.24. The summed E-state index contributed by atoms with van der Waals surface area (Å²) in [5.74, 6) is 1.08. The third-order valence-electron chi connectivity index (χ3n) is 3.36. The van der Waals surface area contributed by atoms with Crippen LogP contribution in [0.4, 0.5) is 5.82 Å². The lowest BCUT2D eigenvalue weighted by Crippen LogP contribution is -2.38. The number of methoxy groups -OCH3 is 1. The molecule has 1 N–H and O–H groups in total. The van der Waals surface area contributed by atoms with E-state index in [1.165, 1.54) is 11.1 Å². The summed E-state index contributed by atoms with van der Waals surface area (Å²) in [4.78, 5) is 7.07. The number of hydrogen-bond donors (Lipinski definition) is 1. The van der Waals surface area contributed by atoms with E-state index >= 15 is 0 Å². The lowest BCUT2D eigenvalue weighted by molar-refractivity contribution is 0.181. The molecule has 0 amide bonds. The van der Waals surface area contributed by atoms with E-state index in [9.17, 15) is 0 Å². The van der Waals surface area contributed by atoms with Gasteiger partial charge < -0.3 is 15.0 Å². The minimum Gasteiger partial charge on any atom is -0.383 e. The molecule has 19 heavy (non-hydrogen) atoms. The normalized spacial score (nSPS) is 12.5. The SMILES string of the molecule is CCN(c1nc(C)cc(C)c1CNC)C(C)COC. The maximum Gasteiger partial charge on any atom is 0.133 e. The minimum atomic E-state index is 0.319. The van der Waals surface area contributed by atoms with Gasteiger partial charge in [-0.2, -0.15) is 0 Å². The quantitative estimate of drug-likeness (QED) is 0.821. The number of nitrogens with zero attached hydrogens (tertiary/aromatic N) is 2. The Bertz CT molecular complexity index is 407. The molecule has 0 saturated heterocycles. The van der Waals surface area contributed by atoms with Crippen LogP contribution >= 0.6 is 0 Å². The van der Waals surface area contributed by atoms with Gasteiger partial charge >= 0.3 is 0 Å². The zero-order valence-corrected chi connectivity index (χ0v) is 13.1. The van der Waals surface area contributed by atoms with Crippen LogP contribution in [0.25, 0.3) is 0 Å². The molecular weight excluding hydrogens is 238 g/mol. The highest BCUT2D eigenvalue weighted by Crippen LogP contribution is 2.24. The van der Waals surface area contributed by atoms with Gasteiger partial charge in [0.15, 0.2) is 0 Å². The molecule has 1 aromatic heterocycles. The number of anilines is 1. The number of ether oxygens (including phenoxy) is 1. The van der Waals surface area contributed by atoms with Crippen molar-refractivity contribution in [3.05, 3.63) is 22.9 Å². The molecule has 0 spiro atoms.